The van der Waals surface area contributed by atoms with Crippen LogP contribution in [0.3, 0.4) is 0 Å². The molecule has 1 aliphatic carbocycles. The maximum absolute atomic E-state index is 13.0. The van der Waals surface area contributed by atoms with E-state index in [1.54, 1.807) is 30.3 Å². The molecule has 0 saturated carbocycles. The van der Waals surface area contributed by atoms with Crippen molar-refractivity contribution in [3.63, 3.8) is 0 Å². The normalized spacial score (nSPS) is 19.1. The monoisotopic (exact) mass is 367 g/mol. The van der Waals surface area contributed by atoms with Gasteiger partial charge >= 0.3 is 0 Å². The molecule has 3 N–H and O–H groups in total. The van der Waals surface area contributed by atoms with Crippen LogP contribution in [0.15, 0.2) is 71.0 Å². The number of nitrogens with zero attached hydrogens (tertiary/aromatic N) is 1. The summed E-state index contributed by atoms with van der Waals surface area (Å²) < 4.78 is 48.8. The Balaban J connectivity index is 2.39. The lowest BCUT2D eigenvalue weighted by Gasteiger charge is -2.13. The van der Waals surface area contributed by atoms with Crippen molar-refractivity contribution in [1.29, 1.82) is 0 Å². The van der Waals surface area contributed by atoms with Gasteiger partial charge in [0, 0.05) is 12.6 Å². The van der Waals surface area contributed by atoms with Crippen LogP contribution in [0, 0.1) is 0 Å². The first-order valence-corrected chi connectivity index (χ1v) is 9.14. The van der Waals surface area contributed by atoms with Gasteiger partial charge in [-0.15, -0.1) is 0 Å². The summed E-state index contributed by atoms with van der Waals surface area (Å²) in [5.74, 6) is 0. The Morgan fingerprint density at radius 1 is 1.36 bits per heavy atom. The van der Waals surface area contributed by atoms with Gasteiger partial charge in [-0.05, 0) is 18.6 Å². The zero-order valence-corrected chi connectivity index (χ0v) is 14.4. The van der Waals surface area contributed by atoms with E-state index in [4.69, 9.17) is 5.14 Å². The Kier molecular flexibility index (Phi) is 6.22. The van der Waals surface area contributed by atoms with Gasteiger partial charge in [-0.2, -0.15) is 0 Å². The number of halogens is 2. The highest BCUT2D eigenvalue weighted by molar-refractivity contribution is 7.89. The fourth-order valence-corrected chi connectivity index (χ4v) is 2.90. The number of alkyl halides is 2. The van der Waals surface area contributed by atoms with Gasteiger partial charge in [0.25, 0.3) is 6.43 Å². The number of nitrogens with two attached hydrogens (primary N) is 1. The Morgan fingerprint density at radius 2 is 2.04 bits per heavy atom. The highest BCUT2D eigenvalue weighted by Crippen LogP contribution is 2.18. The van der Waals surface area contributed by atoms with Crippen molar-refractivity contribution < 1.29 is 17.2 Å². The molecule has 25 heavy (non-hydrogen) atoms. The van der Waals surface area contributed by atoms with Gasteiger partial charge in [-0.25, -0.2) is 27.3 Å². The van der Waals surface area contributed by atoms with Crippen LogP contribution in [0.1, 0.15) is 12.0 Å². The van der Waals surface area contributed by atoms with Crippen molar-refractivity contribution >= 4 is 15.7 Å². The molecular weight excluding hydrogens is 348 g/mol. The quantitative estimate of drug-likeness (QED) is 0.757. The van der Waals surface area contributed by atoms with E-state index in [-0.39, 0.29) is 12.1 Å². The van der Waals surface area contributed by atoms with Crippen LogP contribution >= 0.6 is 0 Å². The van der Waals surface area contributed by atoms with Gasteiger partial charge in [0.05, 0.1) is 22.4 Å². The maximum Gasteiger partial charge on any atom is 0.277 e. The number of allylic oxidation sites excluding steroid dienone is 4. The summed E-state index contributed by atoms with van der Waals surface area (Å²) in [7, 11) is -2.25. The minimum absolute atomic E-state index is 0.188. The van der Waals surface area contributed by atoms with Crippen molar-refractivity contribution in [3.05, 3.63) is 71.6 Å². The molecule has 1 aliphatic rings. The molecule has 0 fully saturated rings. The molecule has 0 heterocycles. The van der Waals surface area contributed by atoms with E-state index in [1.165, 1.54) is 25.3 Å². The van der Waals surface area contributed by atoms with Crippen molar-refractivity contribution in [2.45, 2.75) is 18.1 Å². The lowest BCUT2D eigenvalue weighted by atomic mass is 10.1. The lowest BCUT2D eigenvalue weighted by molar-refractivity contribution is 0.182. The molecule has 2 rings (SSSR count). The molecule has 1 aromatic rings. The third-order valence-corrected chi connectivity index (χ3v) is 4.79. The molecule has 0 saturated heterocycles. The van der Waals surface area contributed by atoms with E-state index in [9.17, 15) is 17.2 Å². The topological polar surface area (TPSA) is 84.5 Å². The summed E-state index contributed by atoms with van der Waals surface area (Å²) >= 11 is 0. The van der Waals surface area contributed by atoms with Crippen molar-refractivity contribution in [1.82, 2.24) is 5.32 Å². The summed E-state index contributed by atoms with van der Waals surface area (Å²) in [5, 5.41) is 6.79. The summed E-state index contributed by atoms with van der Waals surface area (Å²) in [4.78, 5) is 4.40. The van der Waals surface area contributed by atoms with E-state index in [0.29, 0.717) is 17.0 Å². The zero-order valence-electron chi connectivity index (χ0n) is 13.6. The summed E-state index contributed by atoms with van der Waals surface area (Å²) in [6, 6.07) is 8.89. The highest BCUT2D eigenvalue weighted by Gasteiger charge is 2.20. The smallest absolute Gasteiger partial charge is 0.277 e. The van der Waals surface area contributed by atoms with Gasteiger partial charge in [0.1, 0.15) is 0 Å². The molecule has 0 aliphatic heterocycles. The van der Waals surface area contributed by atoms with Crippen LogP contribution in [0.2, 0.25) is 0 Å². The number of aliphatic imine (C=N–C) groups is 1. The summed E-state index contributed by atoms with van der Waals surface area (Å²) in [5.41, 5.74) is 1.24. The molecule has 1 unspecified atom stereocenters. The predicted molar refractivity (Wildman–Crippen MR) is 94.9 cm³/mol. The fraction of sp³-hybridized carbons (Fsp3) is 0.235. The van der Waals surface area contributed by atoms with E-state index in [1.807, 2.05) is 6.07 Å². The molecule has 134 valence electrons. The largest absolute Gasteiger partial charge is 0.387 e. The van der Waals surface area contributed by atoms with Crippen LogP contribution in [0.5, 0.6) is 0 Å². The van der Waals surface area contributed by atoms with Crippen LogP contribution in [0.4, 0.5) is 8.78 Å². The maximum atomic E-state index is 13.0. The van der Waals surface area contributed by atoms with Crippen LogP contribution in [-0.2, 0) is 10.0 Å². The van der Waals surface area contributed by atoms with E-state index in [2.05, 4.69) is 10.3 Å². The van der Waals surface area contributed by atoms with E-state index in [0.717, 1.165) is 0 Å². The molecule has 0 aromatic heterocycles. The predicted octanol–water partition coefficient (Wildman–Crippen LogP) is 2.35. The summed E-state index contributed by atoms with van der Waals surface area (Å²) in [6.07, 6.45) is 3.40. The Labute approximate surface area is 145 Å². The summed E-state index contributed by atoms with van der Waals surface area (Å²) in [6.45, 7) is 0. The molecule has 0 spiro atoms. The van der Waals surface area contributed by atoms with Crippen molar-refractivity contribution in [3.8, 4) is 0 Å². The second-order valence-corrected chi connectivity index (χ2v) is 7.15. The minimum Gasteiger partial charge on any atom is -0.387 e. The van der Waals surface area contributed by atoms with Crippen LogP contribution in [0.25, 0.3) is 0 Å². The second kappa shape index (κ2) is 8.17. The van der Waals surface area contributed by atoms with Crippen molar-refractivity contribution in [2.75, 3.05) is 7.05 Å². The number of hydrogen-bond donors (Lipinski definition) is 2. The number of primary sulfonamides is 1. The molecule has 8 heteroatoms. The average Bonchev–Trinajstić information content (AvgIpc) is 2.58. The van der Waals surface area contributed by atoms with Crippen molar-refractivity contribution in [2.24, 2.45) is 10.1 Å². The number of rotatable bonds is 6. The van der Waals surface area contributed by atoms with Crippen LogP contribution < -0.4 is 10.5 Å². The minimum atomic E-state index is -3.67. The number of nitrogens with one attached hydrogen (secondary N) is 1. The van der Waals surface area contributed by atoms with Gasteiger partial charge in [0.15, 0.2) is 0 Å². The Hall–Kier alpha value is -2.32. The highest BCUT2D eigenvalue weighted by atomic mass is 32.2. The molecule has 0 amide bonds. The van der Waals surface area contributed by atoms with E-state index < -0.39 is 21.7 Å². The fourth-order valence-electron chi connectivity index (χ4n) is 2.24. The number of sulfonamides is 1. The Bertz CT molecular complexity index is 829. The van der Waals surface area contributed by atoms with Crippen LogP contribution in [-0.4, -0.2) is 32.9 Å². The molecule has 1 atom stereocenters. The average molecular weight is 367 g/mol. The second-order valence-electron chi connectivity index (χ2n) is 5.36. The standard InChI is InChI=1S/C17H19F2N3O2S/c1-21-16(17(18)19)11-15(12-5-3-2-4-6-12)22-13-7-9-14(10-8-13)25(20,23)24/h2-9,11,14,17,21H,10H2,1H3,(H2,20,23,24). The van der Waals surface area contributed by atoms with Gasteiger partial charge in [-0.1, -0.05) is 42.5 Å². The SMILES string of the molecule is CNC(=CC(=NC1=CCC(S(N)(=O)=O)C=C1)c1ccccc1)C(F)F. The molecule has 0 radical (unpaired) electrons. The first-order chi connectivity index (χ1) is 11.8. The number of hydrogen-bond acceptors (Lipinski definition) is 4. The van der Waals surface area contributed by atoms with Gasteiger partial charge < -0.3 is 5.32 Å². The molecular formula is C17H19F2N3O2S. The Morgan fingerprint density at radius 3 is 2.52 bits per heavy atom. The van der Waals surface area contributed by atoms with Gasteiger partial charge in [-0.3, -0.25) is 0 Å². The van der Waals surface area contributed by atoms with Gasteiger partial charge in [0.2, 0.25) is 10.0 Å². The number of benzene rings is 1. The first kappa shape index (κ1) is 19.0. The molecule has 1 aromatic carbocycles. The first-order valence-electron chi connectivity index (χ1n) is 7.53. The zero-order chi connectivity index (χ0) is 18.4. The lowest BCUT2D eigenvalue weighted by Crippen LogP contribution is -2.27. The van der Waals surface area contributed by atoms with E-state index >= 15 is 0 Å². The molecule has 0 bridgehead atoms. The molecule has 5 nitrogen and oxygen atoms in total. The third-order valence-electron chi connectivity index (χ3n) is 3.60. The third kappa shape index (κ3) is 5.33.